The minimum absolute atomic E-state index is 0.0104. The van der Waals surface area contributed by atoms with Crippen LogP contribution in [0, 0.1) is 5.92 Å². The van der Waals surface area contributed by atoms with Gasteiger partial charge in [0.1, 0.15) is 0 Å². The Morgan fingerprint density at radius 2 is 1.92 bits per heavy atom. The predicted octanol–water partition coefficient (Wildman–Crippen LogP) is 1.70. The van der Waals surface area contributed by atoms with Crippen LogP contribution in [0.2, 0.25) is 0 Å². The molecule has 1 aliphatic rings. The van der Waals surface area contributed by atoms with Gasteiger partial charge in [-0.25, -0.2) is 13.1 Å². The summed E-state index contributed by atoms with van der Waals surface area (Å²) in [6.45, 7) is 3.78. The molecule has 9 heteroatoms. The molecule has 1 aromatic rings. The number of sulfonamides is 1. The van der Waals surface area contributed by atoms with Gasteiger partial charge in [0, 0.05) is 16.9 Å². The first-order valence-electron chi connectivity index (χ1n) is 7.60. The second-order valence-corrected chi connectivity index (χ2v) is 8.71. The molecule has 0 unspecified atom stereocenters. The molecule has 0 heterocycles. The van der Waals surface area contributed by atoms with Crippen LogP contribution in [-0.2, 0) is 14.8 Å². The van der Waals surface area contributed by atoms with Gasteiger partial charge < -0.3 is 0 Å². The Morgan fingerprint density at radius 3 is 2.50 bits per heavy atom. The molecule has 7 nitrogen and oxygen atoms in total. The van der Waals surface area contributed by atoms with E-state index in [-0.39, 0.29) is 34.7 Å². The minimum atomic E-state index is -3.66. The topological polar surface area (TPSA) is 104 Å². The van der Waals surface area contributed by atoms with Crippen LogP contribution in [0.5, 0.6) is 0 Å². The minimum Gasteiger partial charge on any atom is -0.273 e. The van der Waals surface area contributed by atoms with E-state index in [0.29, 0.717) is 4.47 Å². The van der Waals surface area contributed by atoms with Crippen molar-refractivity contribution in [3.63, 3.8) is 0 Å². The van der Waals surface area contributed by atoms with Crippen molar-refractivity contribution < 1.29 is 18.0 Å². The molecule has 2 amide bonds. The lowest BCUT2D eigenvalue weighted by molar-refractivity contribution is -0.122. The molecule has 0 radical (unpaired) electrons. The Kier molecular flexibility index (Phi) is 6.00. The van der Waals surface area contributed by atoms with Crippen LogP contribution in [0.3, 0.4) is 0 Å². The van der Waals surface area contributed by atoms with Crippen LogP contribution >= 0.6 is 15.9 Å². The van der Waals surface area contributed by atoms with Crippen molar-refractivity contribution in [1.29, 1.82) is 0 Å². The molecule has 1 saturated carbocycles. The highest BCUT2D eigenvalue weighted by atomic mass is 79.9. The van der Waals surface area contributed by atoms with Crippen LogP contribution in [-0.4, -0.2) is 26.3 Å². The van der Waals surface area contributed by atoms with Crippen molar-refractivity contribution in [2.75, 3.05) is 0 Å². The van der Waals surface area contributed by atoms with Crippen molar-refractivity contribution in [1.82, 2.24) is 15.6 Å². The molecule has 1 aliphatic carbocycles. The molecule has 2 rings (SSSR count). The maximum absolute atomic E-state index is 12.2. The summed E-state index contributed by atoms with van der Waals surface area (Å²) in [5, 5.41) is 0. The molecule has 3 N–H and O–H groups in total. The van der Waals surface area contributed by atoms with Gasteiger partial charge in [0.2, 0.25) is 15.9 Å². The quantitative estimate of drug-likeness (QED) is 0.612. The maximum Gasteiger partial charge on any atom is 0.270 e. The fourth-order valence-electron chi connectivity index (χ4n) is 1.95. The number of carbonyl (C=O) groups is 2. The van der Waals surface area contributed by atoms with Crippen LogP contribution in [0.25, 0.3) is 0 Å². The first-order valence-corrected chi connectivity index (χ1v) is 9.87. The van der Waals surface area contributed by atoms with Gasteiger partial charge in [-0.1, -0.05) is 13.8 Å². The summed E-state index contributed by atoms with van der Waals surface area (Å²) in [5.41, 5.74) is 4.73. The first-order chi connectivity index (χ1) is 11.2. The lowest BCUT2D eigenvalue weighted by Gasteiger charge is -2.11. The Labute approximate surface area is 149 Å². The summed E-state index contributed by atoms with van der Waals surface area (Å²) in [6, 6.07) is 4.17. The first kappa shape index (κ1) is 18.9. The summed E-state index contributed by atoms with van der Waals surface area (Å²) in [6.07, 6.45) is 1.93. The molecule has 1 aromatic carbocycles. The Balaban J connectivity index is 2.10. The zero-order valence-corrected chi connectivity index (χ0v) is 15.8. The van der Waals surface area contributed by atoms with Crippen molar-refractivity contribution >= 4 is 37.8 Å². The van der Waals surface area contributed by atoms with E-state index in [0.717, 1.165) is 12.8 Å². The average molecular weight is 418 g/mol. The standard InChI is InChI=1S/C15H20BrN3O4S/c1-9(2)7-14(20)17-18-15(21)12-8-11(5-6-13(12)16)24(22,23)19-10-3-4-10/h5-6,8-10,19H,3-4,7H2,1-2H3,(H,17,20)(H,18,21). The highest BCUT2D eigenvalue weighted by molar-refractivity contribution is 9.10. The molecular formula is C15H20BrN3O4S. The molecule has 0 aromatic heterocycles. The summed E-state index contributed by atoms with van der Waals surface area (Å²) < 4.78 is 27.4. The SMILES string of the molecule is CC(C)CC(=O)NNC(=O)c1cc(S(=O)(=O)NC2CC2)ccc1Br. The molecule has 0 spiro atoms. The largest absolute Gasteiger partial charge is 0.273 e. The normalized spacial score (nSPS) is 14.5. The molecule has 0 saturated heterocycles. The highest BCUT2D eigenvalue weighted by Gasteiger charge is 2.28. The third-order valence-corrected chi connectivity index (χ3v) is 5.51. The Morgan fingerprint density at radius 1 is 1.25 bits per heavy atom. The van der Waals surface area contributed by atoms with Gasteiger partial charge in [0.05, 0.1) is 10.5 Å². The van der Waals surface area contributed by atoms with Gasteiger partial charge in [0.25, 0.3) is 5.91 Å². The van der Waals surface area contributed by atoms with E-state index in [1.165, 1.54) is 18.2 Å². The second kappa shape index (κ2) is 7.62. The number of hydrazine groups is 1. The smallest absolute Gasteiger partial charge is 0.270 e. The van der Waals surface area contributed by atoms with E-state index in [4.69, 9.17) is 0 Å². The monoisotopic (exact) mass is 417 g/mol. The summed E-state index contributed by atoms with van der Waals surface area (Å²) in [5.74, 6) is -0.744. The average Bonchev–Trinajstić information content (AvgIpc) is 3.27. The third-order valence-electron chi connectivity index (χ3n) is 3.30. The van der Waals surface area contributed by atoms with E-state index in [1.54, 1.807) is 0 Å². The predicted molar refractivity (Wildman–Crippen MR) is 92.5 cm³/mol. The second-order valence-electron chi connectivity index (χ2n) is 6.14. The van der Waals surface area contributed by atoms with E-state index < -0.39 is 15.9 Å². The number of halogens is 1. The van der Waals surface area contributed by atoms with Crippen LogP contribution in [0.4, 0.5) is 0 Å². The number of carbonyl (C=O) groups excluding carboxylic acids is 2. The van der Waals surface area contributed by atoms with E-state index >= 15 is 0 Å². The zero-order valence-electron chi connectivity index (χ0n) is 13.4. The van der Waals surface area contributed by atoms with Gasteiger partial charge in [-0.15, -0.1) is 0 Å². The number of nitrogens with one attached hydrogen (secondary N) is 3. The van der Waals surface area contributed by atoms with E-state index in [2.05, 4.69) is 31.5 Å². The van der Waals surface area contributed by atoms with Crippen LogP contribution in [0.1, 0.15) is 43.5 Å². The lowest BCUT2D eigenvalue weighted by atomic mass is 10.1. The van der Waals surface area contributed by atoms with E-state index in [1.807, 2.05) is 13.8 Å². The fraction of sp³-hybridized carbons (Fsp3) is 0.467. The van der Waals surface area contributed by atoms with Gasteiger partial charge in [0.15, 0.2) is 0 Å². The van der Waals surface area contributed by atoms with Crippen LogP contribution in [0.15, 0.2) is 27.6 Å². The number of rotatable bonds is 6. The number of hydrogen-bond acceptors (Lipinski definition) is 4. The van der Waals surface area contributed by atoms with Gasteiger partial charge in [-0.2, -0.15) is 0 Å². The van der Waals surface area contributed by atoms with Crippen molar-refractivity contribution in [2.24, 2.45) is 5.92 Å². The molecule has 0 atom stereocenters. The Hall–Kier alpha value is -1.45. The zero-order chi connectivity index (χ0) is 17.9. The summed E-state index contributed by atoms with van der Waals surface area (Å²) >= 11 is 3.22. The van der Waals surface area contributed by atoms with Crippen LogP contribution < -0.4 is 15.6 Å². The molecule has 0 bridgehead atoms. The molecule has 24 heavy (non-hydrogen) atoms. The van der Waals surface area contributed by atoms with Gasteiger partial charge in [-0.3, -0.25) is 20.4 Å². The number of benzene rings is 1. The highest BCUT2D eigenvalue weighted by Crippen LogP contribution is 2.25. The fourth-order valence-corrected chi connectivity index (χ4v) is 3.71. The molecule has 1 fully saturated rings. The van der Waals surface area contributed by atoms with E-state index in [9.17, 15) is 18.0 Å². The summed E-state index contributed by atoms with van der Waals surface area (Å²) in [7, 11) is -3.66. The molecule has 132 valence electrons. The van der Waals surface area contributed by atoms with Gasteiger partial charge in [-0.05, 0) is 52.9 Å². The lowest BCUT2D eigenvalue weighted by Crippen LogP contribution is -2.42. The number of amides is 2. The maximum atomic E-state index is 12.2. The summed E-state index contributed by atoms with van der Waals surface area (Å²) in [4.78, 5) is 23.8. The van der Waals surface area contributed by atoms with Crippen molar-refractivity contribution in [2.45, 2.75) is 44.0 Å². The van der Waals surface area contributed by atoms with Gasteiger partial charge >= 0.3 is 0 Å². The van der Waals surface area contributed by atoms with Crippen molar-refractivity contribution in [3.8, 4) is 0 Å². The molecule has 0 aliphatic heterocycles. The Bertz CT molecular complexity index is 745. The third kappa shape index (κ3) is 5.29. The van der Waals surface area contributed by atoms with Crippen molar-refractivity contribution in [3.05, 3.63) is 28.2 Å². The molecular weight excluding hydrogens is 398 g/mol. The number of hydrogen-bond donors (Lipinski definition) is 3.